The van der Waals surface area contributed by atoms with E-state index in [0.717, 1.165) is 6.42 Å². The van der Waals surface area contributed by atoms with Crippen LogP contribution in [0.4, 0.5) is 5.82 Å². The number of methoxy groups -OCH3 is 1. The topological polar surface area (TPSA) is 81.3 Å². The molecule has 1 fully saturated rings. The smallest absolute Gasteiger partial charge is 0.310 e. The van der Waals surface area contributed by atoms with Gasteiger partial charge >= 0.3 is 5.97 Å². The predicted molar refractivity (Wildman–Crippen MR) is 70.3 cm³/mol. The molecule has 1 unspecified atom stereocenters. The molecule has 1 atom stereocenters. The van der Waals surface area contributed by atoms with Gasteiger partial charge in [-0.1, -0.05) is 12.2 Å². The number of esters is 1. The summed E-state index contributed by atoms with van der Waals surface area (Å²) in [5, 5.41) is 0. The average Bonchev–Trinajstić information content (AvgIpc) is 2.87. The summed E-state index contributed by atoms with van der Waals surface area (Å²) < 4.78 is 4.74. The van der Waals surface area contributed by atoms with Crippen molar-refractivity contribution < 1.29 is 9.53 Å². The summed E-state index contributed by atoms with van der Waals surface area (Å²) in [6, 6.07) is 0. The molecular formula is C11H14N4O2S. The van der Waals surface area contributed by atoms with Crippen LogP contribution in [0.1, 0.15) is 12.1 Å². The van der Waals surface area contributed by atoms with Gasteiger partial charge in [-0.05, 0) is 6.42 Å². The van der Waals surface area contributed by atoms with Crippen LogP contribution in [0.3, 0.4) is 0 Å². The highest BCUT2D eigenvalue weighted by atomic mass is 32.1. The van der Waals surface area contributed by atoms with Gasteiger partial charge in [0.15, 0.2) is 5.82 Å². The number of thiocarbonyl (C=S) groups is 1. The Bertz CT molecular complexity index is 480. The van der Waals surface area contributed by atoms with Crippen molar-refractivity contribution in [2.45, 2.75) is 6.42 Å². The Morgan fingerprint density at radius 2 is 2.28 bits per heavy atom. The van der Waals surface area contributed by atoms with Gasteiger partial charge in [-0.3, -0.25) is 4.79 Å². The van der Waals surface area contributed by atoms with Crippen LogP contribution in [-0.2, 0) is 9.53 Å². The third-order valence-electron chi connectivity index (χ3n) is 2.93. The highest BCUT2D eigenvalue weighted by Gasteiger charge is 2.31. The quantitative estimate of drug-likeness (QED) is 0.614. The number of hydrogen-bond donors (Lipinski definition) is 1. The van der Waals surface area contributed by atoms with Crippen LogP contribution in [0, 0.1) is 5.92 Å². The SMILES string of the molecule is COC(=O)C1CCN(c2nccnc2C(N)=S)C1. The molecule has 7 heteroatoms. The van der Waals surface area contributed by atoms with Crippen LogP contribution in [0.25, 0.3) is 0 Å². The first-order chi connectivity index (χ1) is 8.63. The molecule has 1 aromatic heterocycles. The van der Waals surface area contributed by atoms with Gasteiger partial charge in [0.05, 0.1) is 13.0 Å². The van der Waals surface area contributed by atoms with Gasteiger partial charge in [0.2, 0.25) is 0 Å². The molecule has 96 valence electrons. The van der Waals surface area contributed by atoms with Gasteiger partial charge in [-0.25, -0.2) is 9.97 Å². The van der Waals surface area contributed by atoms with Crippen molar-refractivity contribution in [2.75, 3.05) is 25.1 Å². The lowest BCUT2D eigenvalue weighted by atomic mass is 10.1. The lowest BCUT2D eigenvalue weighted by Gasteiger charge is -2.18. The standard InChI is InChI=1S/C11H14N4O2S/c1-17-11(16)7-2-5-15(6-7)10-8(9(12)18)13-3-4-14-10/h3-4,7H,2,5-6H2,1H3,(H2,12,18). The maximum atomic E-state index is 11.5. The van der Waals surface area contributed by atoms with Gasteiger partial charge in [0.25, 0.3) is 0 Å². The first-order valence-corrected chi connectivity index (χ1v) is 5.98. The summed E-state index contributed by atoms with van der Waals surface area (Å²) in [4.78, 5) is 22.0. The first-order valence-electron chi connectivity index (χ1n) is 5.57. The predicted octanol–water partition coefficient (Wildman–Crippen LogP) is 0.110. The fraction of sp³-hybridized carbons (Fsp3) is 0.455. The Morgan fingerprint density at radius 3 is 2.94 bits per heavy atom. The first kappa shape index (κ1) is 12.7. The van der Waals surface area contributed by atoms with Crippen LogP contribution < -0.4 is 10.6 Å². The van der Waals surface area contributed by atoms with E-state index in [9.17, 15) is 4.79 Å². The van der Waals surface area contributed by atoms with Crippen LogP contribution in [0.15, 0.2) is 12.4 Å². The molecule has 1 aliphatic rings. The number of hydrogen-bond acceptors (Lipinski definition) is 6. The van der Waals surface area contributed by atoms with Crippen molar-refractivity contribution in [1.82, 2.24) is 9.97 Å². The summed E-state index contributed by atoms with van der Waals surface area (Å²) in [6.07, 6.45) is 3.87. The van der Waals surface area contributed by atoms with Gasteiger partial charge in [0, 0.05) is 25.5 Å². The van der Waals surface area contributed by atoms with Crippen molar-refractivity contribution in [1.29, 1.82) is 0 Å². The maximum absolute atomic E-state index is 11.5. The molecule has 2 rings (SSSR count). The van der Waals surface area contributed by atoms with E-state index in [1.165, 1.54) is 7.11 Å². The van der Waals surface area contributed by atoms with Crippen LogP contribution in [0.2, 0.25) is 0 Å². The minimum Gasteiger partial charge on any atom is -0.469 e. The van der Waals surface area contributed by atoms with E-state index in [4.69, 9.17) is 22.7 Å². The van der Waals surface area contributed by atoms with Gasteiger partial charge in [-0.15, -0.1) is 0 Å². The fourth-order valence-electron chi connectivity index (χ4n) is 2.05. The molecule has 0 amide bonds. The molecule has 0 radical (unpaired) electrons. The van der Waals surface area contributed by atoms with E-state index in [2.05, 4.69) is 9.97 Å². The van der Waals surface area contributed by atoms with E-state index in [0.29, 0.717) is 24.6 Å². The number of ether oxygens (including phenoxy) is 1. The number of nitrogens with zero attached hydrogens (tertiary/aromatic N) is 3. The van der Waals surface area contributed by atoms with E-state index >= 15 is 0 Å². The maximum Gasteiger partial charge on any atom is 0.310 e. The summed E-state index contributed by atoms with van der Waals surface area (Å²) in [5.41, 5.74) is 6.11. The molecular weight excluding hydrogens is 252 g/mol. The monoisotopic (exact) mass is 266 g/mol. The Hall–Kier alpha value is -1.76. The minimum atomic E-state index is -0.196. The Labute approximate surface area is 110 Å². The number of anilines is 1. The molecule has 0 bridgehead atoms. The Kier molecular flexibility index (Phi) is 3.71. The van der Waals surface area contributed by atoms with Crippen LogP contribution in [0.5, 0.6) is 0 Å². The van der Waals surface area contributed by atoms with Gasteiger partial charge in [0.1, 0.15) is 10.7 Å². The molecule has 1 aromatic rings. The van der Waals surface area contributed by atoms with Crippen molar-refractivity contribution in [3.05, 3.63) is 18.1 Å². The van der Waals surface area contributed by atoms with Crippen molar-refractivity contribution in [3.8, 4) is 0 Å². The van der Waals surface area contributed by atoms with Gasteiger partial charge in [-0.2, -0.15) is 0 Å². The highest BCUT2D eigenvalue weighted by molar-refractivity contribution is 7.80. The second-order valence-electron chi connectivity index (χ2n) is 4.05. The van der Waals surface area contributed by atoms with Crippen LogP contribution >= 0.6 is 12.2 Å². The third kappa shape index (κ3) is 2.40. The molecule has 0 saturated carbocycles. The molecule has 0 aromatic carbocycles. The third-order valence-corrected chi connectivity index (χ3v) is 3.13. The van der Waals surface area contributed by atoms with E-state index in [-0.39, 0.29) is 16.9 Å². The fourth-order valence-corrected chi connectivity index (χ4v) is 2.19. The molecule has 1 saturated heterocycles. The molecule has 1 aliphatic heterocycles. The zero-order valence-corrected chi connectivity index (χ0v) is 10.8. The van der Waals surface area contributed by atoms with Gasteiger partial charge < -0.3 is 15.4 Å². The summed E-state index contributed by atoms with van der Waals surface area (Å²) in [6.45, 7) is 1.27. The van der Waals surface area contributed by atoms with E-state index in [1.807, 2.05) is 4.90 Å². The lowest BCUT2D eigenvalue weighted by molar-refractivity contribution is -0.144. The average molecular weight is 266 g/mol. The molecule has 0 spiro atoms. The van der Waals surface area contributed by atoms with Crippen molar-refractivity contribution in [2.24, 2.45) is 11.7 Å². The van der Waals surface area contributed by atoms with Crippen LogP contribution in [-0.4, -0.2) is 41.1 Å². The van der Waals surface area contributed by atoms with Crippen molar-refractivity contribution in [3.63, 3.8) is 0 Å². The van der Waals surface area contributed by atoms with E-state index in [1.54, 1.807) is 12.4 Å². The minimum absolute atomic E-state index is 0.129. The lowest BCUT2D eigenvalue weighted by Crippen LogP contribution is -2.27. The molecule has 2 heterocycles. The molecule has 18 heavy (non-hydrogen) atoms. The summed E-state index contributed by atoms with van der Waals surface area (Å²) in [7, 11) is 1.40. The molecule has 2 N–H and O–H groups in total. The zero-order chi connectivity index (χ0) is 13.1. The second-order valence-corrected chi connectivity index (χ2v) is 4.49. The zero-order valence-electron chi connectivity index (χ0n) is 10.00. The number of carbonyl (C=O) groups is 1. The molecule has 6 nitrogen and oxygen atoms in total. The summed E-state index contributed by atoms with van der Waals surface area (Å²) >= 11 is 4.95. The number of carbonyl (C=O) groups excluding carboxylic acids is 1. The number of rotatable bonds is 3. The highest BCUT2D eigenvalue weighted by Crippen LogP contribution is 2.24. The largest absolute Gasteiger partial charge is 0.469 e. The normalized spacial score (nSPS) is 18.7. The molecule has 0 aliphatic carbocycles. The van der Waals surface area contributed by atoms with E-state index < -0.39 is 0 Å². The number of nitrogens with two attached hydrogens (primary N) is 1. The van der Waals surface area contributed by atoms with Crippen molar-refractivity contribution >= 4 is 29.0 Å². The Morgan fingerprint density at radius 1 is 1.56 bits per heavy atom. The second kappa shape index (κ2) is 5.26. The number of aromatic nitrogens is 2. The summed E-state index contributed by atoms with van der Waals surface area (Å²) in [5.74, 6) is 0.311. The Balaban J connectivity index is 2.19.